The quantitative estimate of drug-likeness (QED) is 0.704. The number of benzene rings is 1. The Kier molecular flexibility index (Phi) is 4.99. The number of hydrogen-bond donors (Lipinski definition) is 2. The number of carbonyl (C=O) groups excluding carboxylic acids is 1. The van der Waals surface area contributed by atoms with Crippen molar-refractivity contribution in [1.29, 1.82) is 0 Å². The molecule has 1 aliphatic rings. The van der Waals surface area contributed by atoms with Gasteiger partial charge in [0.25, 0.3) is 0 Å². The monoisotopic (exact) mass is 397 g/mol. The highest BCUT2D eigenvalue weighted by molar-refractivity contribution is 7.16. The number of anilines is 2. The van der Waals surface area contributed by atoms with Gasteiger partial charge in [-0.25, -0.2) is 14.8 Å². The molecule has 1 aliphatic heterocycles. The van der Waals surface area contributed by atoms with Gasteiger partial charge in [-0.1, -0.05) is 29.8 Å². The van der Waals surface area contributed by atoms with E-state index in [0.717, 1.165) is 21.7 Å². The van der Waals surface area contributed by atoms with E-state index in [1.54, 1.807) is 5.51 Å². The third-order valence-electron chi connectivity index (χ3n) is 4.95. The van der Waals surface area contributed by atoms with Crippen LogP contribution < -0.4 is 16.0 Å². The number of rotatable bonds is 3. The van der Waals surface area contributed by atoms with Gasteiger partial charge in [0.05, 0.1) is 5.51 Å². The van der Waals surface area contributed by atoms with Crippen molar-refractivity contribution in [2.24, 2.45) is 0 Å². The van der Waals surface area contributed by atoms with Gasteiger partial charge in [0.2, 0.25) is 5.95 Å². The summed E-state index contributed by atoms with van der Waals surface area (Å²) in [6.45, 7) is 6.54. The lowest BCUT2D eigenvalue weighted by Gasteiger charge is -2.40. The predicted octanol–water partition coefficient (Wildman–Crippen LogP) is 2.40. The molecule has 28 heavy (non-hydrogen) atoms. The van der Waals surface area contributed by atoms with Gasteiger partial charge in [0.1, 0.15) is 5.52 Å². The van der Waals surface area contributed by atoms with Gasteiger partial charge >= 0.3 is 6.03 Å². The Hall–Kier alpha value is -2.94. The minimum absolute atomic E-state index is 0.0481. The van der Waals surface area contributed by atoms with Crippen LogP contribution in [0, 0.1) is 6.92 Å². The number of nitrogens with two attached hydrogens (primary N) is 1. The summed E-state index contributed by atoms with van der Waals surface area (Å²) in [5.74, 6) is 0.994. The molecule has 0 bridgehead atoms. The van der Waals surface area contributed by atoms with Crippen molar-refractivity contribution >= 4 is 39.5 Å². The molecule has 1 unspecified atom stereocenters. The number of nitrogens with zero attached hydrogens (tertiary/aromatic N) is 5. The Morgan fingerprint density at radius 2 is 2.07 bits per heavy atom. The van der Waals surface area contributed by atoms with E-state index in [1.807, 2.05) is 24.0 Å². The number of nitrogens with one attached hydrogen (secondary N) is 1. The maximum Gasteiger partial charge on any atom is 0.317 e. The fourth-order valence-corrected chi connectivity index (χ4v) is 4.08. The highest BCUT2D eigenvalue weighted by atomic mass is 32.1. The van der Waals surface area contributed by atoms with Gasteiger partial charge in [-0.05, 0) is 19.4 Å². The van der Waals surface area contributed by atoms with Crippen LogP contribution in [-0.2, 0) is 6.54 Å². The van der Waals surface area contributed by atoms with E-state index in [0.29, 0.717) is 26.2 Å². The molecule has 3 N–H and O–H groups in total. The molecule has 146 valence electrons. The Balaban J connectivity index is 1.41. The number of aromatic nitrogens is 3. The lowest BCUT2D eigenvalue weighted by Crippen LogP contribution is -2.56. The average molecular weight is 398 g/mol. The van der Waals surface area contributed by atoms with Gasteiger partial charge in [-0.2, -0.15) is 4.98 Å². The summed E-state index contributed by atoms with van der Waals surface area (Å²) in [6.07, 6.45) is 0. The standard InChI is InChI=1S/C19H23N7OS/c1-12-3-5-14(6-4-12)9-21-19(27)25-7-8-26(13(2)10-25)16-15-17(28-11-22-15)24-18(20)23-16/h3-6,11,13H,7-10H2,1-2H3,(H,21,27)(H2,20,23,24). The van der Waals surface area contributed by atoms with E-state index in [9.17, 15) is 4.79 Å². The predicted molar refractivity (Wildman–Crippen MR) is 111 cm³/mol. The summed E-state index contributed by atoms with van der Waals surface area (Å²) in [5.41, 5.74) is 10.7. The molecule has 4 rings (SSSR count). The summed E-state index contributed by atoms with van der Waals surface area (Å²) in [7, 11) is 0. The minimum atomic E-state index is -0.0481. The van der Waals surface area contributed by atoms with Crippen LogP contribution in [0.5, 0.6) is 0 Å². The third-order valence-corrected chi connectivity index (χ3v) is 5.67. The smallest absolute Gasteiger partial charge is 0.317 e. The Morgan fingerprint density at radius 1 is 1.29 bits per heavy atom. The molecule has 9 heteroatoms. The molecule has 1 saturated heterocycles. The second-order valence-electron chi connectivity index (χ2n) is 7.04. The van der Waals surface area contributed by atoms with Crippen molar-refractivity contribution in [3.63, 3.8) is 0 Å². The summed E-state index contributed by atoms with van der Waals surface area (Å²) >= 11 is 1.45. The second-order valence-corrected chi connectivity index (χ2v) is 7.88. The average Bonchev–Trinajstić information content (AvgIpc) is 3.15. The van der Waals surface area contributed by atoms with Crippen LogP contribution in [0.25, 0.3) is 10.3 Å². The first-order chi connectivity index (χ1) is 13.5. The fraction of sp³-hybridized carbons (Fsp3) is 0.368. The molecule has 0 saturated carbocycles. The van der Waals surface area contributed by atoms with E-state index in [4.69, 9.17) is 5.73 Å². The number of amides is 2. The first-order valence-electron chi connectivity index (χ1n) is 9.23. The van der Waals surface area contributed by atoms with E-state index in [-0.39, 0.29) is 18.0 Å². The zero-order chi connectivity index (χ0) is 19.7. The topological polar surface area (TPSA) is 100 Å². The summed E-state index contributed by atoms with van der Waals surface area (Å²) in [6, 6.07) is 8.22. The lowest BCUT2D eigenvalue weighted by atomic mass is 10.1. The molecular weight excluding hydrogens is 374 g/mol. The fourth-order valence-electron chi connectivity index (χ4n) is 3.42. The molecule has 0 radical (unpaired) electrons. The van der Waals surface area contributed by atoms with Crippen molar-refractivity contribution in [2.45, 2.75) is 26.4 Å². The highest BCUT2D eigenvalue weighted by Gasteiger charge is 2.29. The van der Waals surface area contributed by atoms with Crippen LogP contribution in [0.1, 0.15) is 18.1 Å². The zero-order valence-electron chi connectivity index (χ0n) is 15.9. The summed E-state index contributed by atoms with van der Waals surface area (Å²) in [4.78, 5) is 30.4. The summed E-state index contributed by atoms with van der Waals surface area (Å²) < 4.78 is 0. The molecular formula is C19H23N7OS. The normalized spacial score (nSPS) is 17.1. The van der Waals surface area contributed by atoms with Gasteiger partial charge in [0.15, 0.2) is 10.6 Å². The third kappa shape index (κ3) is 3.70. The van der Waals surface area contributed by atoms with Gasteiger partial charge in [-0.15, -0.1) is 11.3 Å². The number of fused-ring (bicyclic) bond motifs is 1. The van der Waals surface area contributed by atoms with Crippen LogP contribution in [0.3, 0.4) is 0 Å². The van der Waals surface area contributed by atoms with Crippen molar-refractivity contribution in [3.05, 3.63) is 40.9 Å². The lowest BCUT2D eigenvalue weighted by molar-refractivity contribution is 0.186. The molecule has 0 spiro atoms. The molecule has 0 aliphatic carbocycles. The maximum absolute atomic E-state index is 12.6. The number of aryl methyl sites for hydroxylation is 1. The van der Waals surface area contributed by atoms with E-state index < -0.39 is 0 Å². The van der Waals surface area contributed by atoms with Crippen molar-refractivity contribution in [3.8, 4) is 0 Å². The van der Waals surface area contributed by atoms with E-state index in [2.05, 4.69) is 44.2 Å². The summed E-state index contributed by atoms with van der Waals surface area (Å²) in [5, 5.41) is 3.01. The maximum atomic E-state index is 12.6. The van der Waals surface area contributed by atoms with Crippen LogP contribution in [0.2, 0.25) is 0 Å². The van der Waals surface area contributed by atoms with Crippen molar-refractivity contribution in [1.82, 2.24) is 25.2 Å². The minimum Gasteiger partial charge on any atom is -0.368 e. The van der Waals surface area contributed by atoms with Gasteiger partial charge in [-0.3, -0.25) is 0 Å². The van der Waals surface area contributed by atoms with Crippen LogP contribution in [0.4, 0.5) is 16.6 Å². The molecule has 2 aromatic heterocycles. The zero-order valence-corrected chi connectivity index (χ0v) is 16.7. The highest BCUT2D eigenvalue weighted by Crippen LogP contribution is 2.28. The molecule has 1 fully saturated rings. The van der Waals surface area contributed by atoms with Crippen LogP contribution >= 0.6 is 11.3 Å². The molecule has 8 nitrogen and oxygen atoms in total. The number of carbonyl (C=O) groups is 1. The van der Waals surface area contributed by atoms with Crippen LogP contribution in [-0.4, -0.2) is 51.6 Å². The van der Waals surface area contributed by atoms with E-state index in [1.165, 1.54) is 16.9 Å². The Morgan fingerprint density at radius 3 is 2.82 bits per heavy atom. The Labute approximate surface area is 167 Å². The van der Waals surface area contributed by atoms with Crippen molar-refractivity contribution in [2.75, 3.05) is 30.3 Å². The largest absolute Gasteiger partial charge is 0.368 e. The van der Waals surface area contributed by atoms with Gasteiger partial charge in [0, 0.05) is 32.2 Å². The first kappa shape index (κ1) is 18.4. The van der Waals surface area contributed by atoms with E-state index >= 15 is 0 Å². The SMILES string of the molecule is Cc1ccc(CNC(=O)N2CCN(c3nc(N)nc4scnc34)C(C)C2)cc1. The number of piperazine rings is 1. The number of urea groups is 1. The van der Waals surface area contributed by atoms with Crippen molar-refractivity contribution < 1.29 is 4.79 Å². The first-order valence-corrected chi connectivity index (χ1v) is 10.1. The number of hydrogen-bond acceptors (Lipinski definition) is 7. The molecule has 3 aromatic rings. The Bertz CT molecular complexity index is 988. The molecule has 1 atom stereocenters. The molecule has 1 aromatic carbocycles. The molecule has 3 heterocycles. The second kappa shape index (κ2) is 7.59. The van der Waals surface area contributed by atoms with Gasteiger partial charge < -0.3 is 20.9 Å². The molecule has 2 amide bonds. The van der Waals surface area contributed by atoms with Crippen LogP contribution in [0.15, 0.2) is 29.8 Å². The number of thiazole rings is 1. The number of nitrogen functional groups attached to an aromatic ring is 1.